The summed E-state index contributed by atoms with van der Waals surface area (Å²) in [5.74, 6) is 1.99. The average Bonchev–Trinajstić information content (AvgIpc) is 2.35. The molecule has 18 heavy (non-hydrogen) atoms. The average molecular weight is 273 g/mol. The first-order valence-electron chi connectivity index (χ1n) is 7.47. The fraction of sp³-hybridized carbons (Fsp3) is 1.00. The summed E-state index contributed by atoms with van der Waals surface area (Å²) in [5, 5.41) is 3.78. The summed E-state index contributed by atoms with van der Waals surface area (Å²) < 4.78 is 0. The van der Waals surface area contributed by atoms with Crippen LogP contribution in [0.2, 0.25) is 0 Å². The van der Waals surface area contributed by atoms with Crippen molar-refractivity contribution in [2.75, 3.05) is 25.1 Å². The van der Waals surface area contributed by atoms with E-state index in [1.807, 2.05) is 11.8 Å². The smallest absolute Gasteiger partial charge is 0.0278 e. The molecule has 0 radical (unpaired) electrons. The molecule has 0 aromatic rings. The maximum Gasteiger partial charge on any atom is 0.0278 e. The van der Waals surface area contributed by atoms with Gasteiger partial charge in [-0.2, -0.15) is 11.8 Å². The molecule has 0 aromatic heterocycles. The summed E-state index contributed by atoms with van der Waals surface area (Å²) in [4.78, 5) is 2.79. The van der Waals surface area contributed by atoms with Crippen LogP contribution in [0, 0.1) is 5.92 Å². The highest BCUT2D eigenvalue weighted by Gasteiger charge is 2.38. The minimum absolute atomic E-state index is 0.303. The topological polar surface area (TPSA) is 15.3 Å². The van der Waals surface area contributed by atoms with E-state index in [2.05, 4.69) is 51.1 Å². The Morgan fingerprint density at radius 3 is 2.50 bits per heavy atom. The Labute approximate surface area is 118 Å². The van der Waals surface area contributed by atoms with Crippen LogP contribution in [-0.4, -0.2) is 47.6 Å². The first-order chi connectivity index (χ1) is 8.47. The predicted octanol–water partition coefficient (Wildman–Crippen LogP) is 3.23. The maximum atomic E-state index is 3.78. The van der Waals surface area contributed by atoms with Crippen molar-refractivity contribution in [2.24, 2.45) is 5.92 Å². The Morgan fingerprint density at radius 1 is 1.39 bits per heavy atom. The Kier molecular flexibility index (Phi) is 6.49. The van der Waals surface area contributed by atoms with E-state index in [9.17, 15) is 0 Å². The van der Waals surface area contributed by atoms with Gasteiger partial charge in [-0.3, -0.25) is 4.90 Å². The van der Waals surface area contributed by atoms with Gasteiger partial charge in [0.1, 0.15) is 0 Å². The van der Waals surface area contributed by atoms with Gasteiger partial charge in [-0.1, -0.05) is 27.7 Å². The summed E-state index contributed by atoms with van der Waals surface area (Å²) in [6, 6.07) is 1.43. The van der Waals surface area contributed by atoms with E-state index in [0.717, 1.165) is 18.5 Å². The van der Waals surface area contributed by atoms with Crippen molar-refractivity contribution < 1.29 is 0 Å². The summed E-state index contributed by atoms with van der Waals surface area (Å²) in [7, 11) is 0. The Balaban J connectivity index is 2.83. The molecule has 1 saturated heterocycles. The SMILES string of the molecule is CCC(CSC)N1CC(C)(CC)NCC1C(C)C. The van der Waals surface area contributed by atoms with Gasteiger partial charge < -0.3 is 5.32 Å². The van der Waals surface area contributed by atoms with Crippen LogP contribution < -0.4 is 5.32 Å². The third-order valence-corrected chi connectivity index (χ3v) is 5.26. The number of hydrogen-bond acceptors (Lipinski definition) is 3. The van der Waals surface area contributed by atoms with E-state index in [1.165, 1.54) is 25.1 Å². The van der Waals surface area contributed by atoms with E-state index < -0.39 is 0 Å². The first-order valence-corrected chi connectivity index (χ1v) is 8.86. The zero-order valence-corrected chi connectivity index (χ0v) is 13.9. The molecule has 2 nitrogen and oxygen atoms in total. The van der Waals surface area contributed by atoms with E-state index >= 15 is 0 Å². The molecule has 1 heterocycles. The van der Waals surface area contributed by atoms with E-state index in [4.69, 9.17) is 0 Å². The van der Waals surface area contributed by atoms with Gasteiger partial charge in [0, 0.05) is 36.5 Å². The monoisotopic (exact) mass is 272 g/mol. The molecule has 1 aliphatic heterocycles. The second-order valence-electron chi connectivity index (χ2n) is 6.30. The zero-order chi connectivity index (χ0) is 13.8. The van der Waals surface area contributed by atoms with Crippen LogP contribution in [0.1, 0.15) is 47.5 Å². The third kappa shape index (κ3) is 3.88. The van der Waals surface area contributed by atoms with Crippen LogP contribution in [0.4, 0.5) is 0 Å². The molecule has 0 amide bonds. The predicted molar refractivity (Wildman–Crippen MR) is 84.5 cm³/mol. The van der Waals surface area contributed by atoms with Gasteiger partial charge >= 0.3 is 0 Å². The van der Waals surface area contributed by atoms with Gasteiger partial charge in [0.15, 0.2) is 0 Å². The Morgan fingerprint density at radius 2 is 2.06 bits per heavy atom. The highest BCUT2D eigenvalue weighted by molar-refractivity contribution is 7.98. The highest BCUT2D eigenvalue weighted by Crippen LogP contribution is 2.26. The molecule has 0 spiro atoms. The molecular weight excluding hydrogens is 240 g/mol. The molecule has 1 fully saturated rings. The fourth-order valence-electron chi connectivity index (χ4n) is 2.94. The molecule has 0 aliphatic carbocycles. The number of rotatable bonds is 6. The van der Waals surface area contributed by atoms with Crippen molar-refractivity contribution in [1.29, 1.82) is 0 Å². The highest BCUT2D eigenvalue weighted by atomic mass is 32.2. The van der Waals surface area contributed by atoms with Crippen molar-refractivity contribution in [1.82, 2.24) is 10.2 Å². The minimum Gasteiger partial charge on any atom is -0.309 e. The number of thioether (sulfide) groups is 1. The molecular formula is C15H32N2S. The van der Waals surface area contributed by atoms with E-state index in [0.29, 0.717) is 11.6 Å². The van der Waals surface area contributed by atoms with Crippen LogP contribution in [-0.2, 0) is 0 Å². The zero-order valence-electron chi connectivity index (χ0n) is 13.1. The quantitative estimate of drug-likeness (QED) is 0.799. The number of nitrogens with zero attached hydrogens (tertiary/aromatic N) is 1. The van der Waals surface area contributed by atoms with Crippen LogP contribution in [0.5, 0.6) is 0 Å². The molecule has 0 aromatic carbocycles. The van der Waals surface area contributed by atoms with Gasteiger partial charge in [-0.05, 0) is 31.9 Å². The van der Waals surface area contributed by atoms with Gasteiger partial charge in [0.2, 0.25) is 0 Å². The molecule has 0 bridgehead atoms. The number of hydrogen-bond donors (Lipinski definition) is 1. The Bertz CT molecular complexity index is 245. The van der Waals surface area contributed by atoms with Gasteiger partial charge in [0.25, 0.3) is 0 Å². The largest absolute Gasteiger partial charge is 0.309 e. The number of nitrogens with one attached hydrogen (secondary N) is 1. The minimum atomic E-state index is 0.303. The van der Waals surface area contributed by atoms with Crippen molar-refractivity contribution in [3.63, 3.8) is 0 Å². The maximum absolute atomic E-state index is 3.78. The van der Waals surface area contributed by atoms with Crippen molar-refractivity contribution >= 4 is 11.8 Å². The van der Waals surface area contributed by atoms with Gasteiger partial charge in [-0.15, -0.1) is 0 Å². The molecule has 3 heteroatoms. The first kappa shape index (κ1) is 16.3. The second-order valence-corrected chi connectivity index (χ2v) is 7.21. The molecule has 1 aliphatic rings. The van der Waals surface area contributed by atoms with Crippen molar-refractivity contribution in [3.8, 4) is 0 Å². The lowest BCUT2D eigenvalue weighted by Gasteiger charge is -2.50. The Hall–Kier alpha value is 0.270. The van der Waals surface area contributed by atoms with Crippen LogP contribution in [0.15, 0.2) is 0 Å². The third-order valence-electron chi connectivity index (χ3n) is 4.54. The van der Waals surface area contributed by atoms with Crippen LogP contribution in [0.3, 0.4) is 0 Å². The summed E-state index contributed by atoms with van der Waals surface area (Å²) >= 11 is 1.99. The second kappa shape index (κ2) is 7.16. The van der Waals surface area contributed by atoms with Gasteiger partial charge in [0.05, 0.1) is 0 Å². The molecule has 0 saturated carbocycles. The molecule has 1 rings (SSSR count). The summed E-state index contributed by atoms with van der Waals surface area (Å²) in [6.45, 7) is 14.1. The lowest BCUT2D eigenvalue weighted by Crippen LogP contribution is -2.66. The summed E-state index contributed by atoms with van der Waals surface area (Å²) in [6.07, 6.45) is 4.71. The van der Waals surface area contributed by atoms with E-state index in [1.54, 1.807) is 0 Å². The number of piperazine rings is 1. The van der Waals surface area contributed by atoms with Crippen molar-refractivity contribution in [3.05, 3.63) is 0 Å². The lowest BCUT2D eigenvalue weighted by atomic mass is 9.88. The normalized spacial score (nSPS) is 31.8. The van der Waals surface area contributed by atoms with Gasteiger partial charge in [-0.25, -0.2) is 0 Å². The fourth-order valence-corrected chi connectivity index (χ4v) is 3.75. The summed E-state index contributed by atoms with van der Waals surface area (Å²) in [5.41, 5.74) is 0.303. The molecule has 1 N–H and O–H groups in total. The van der Waals surface area contributed by atoms with Crippen LogP contribution >= 0.6 is 11.8 Å². The molecule has 108 valence electrons. The van der Waals surface area contributed by atoms with Crippen molar-refractivity contribution in [2.45, 2.75) is 65.1 Å². The molecule has 3 unspecified atom stereocenters. The standard InChI is InChI=1S/C15H32N2S/c1-7-13(10-18-6)17-11-15(5,8-2)16-9-14(17)12(3)4/h12-14,16H,7-11H2,1-6H3. The lowest BCUT2D eigenvalue weighted by molar-refractivity contribution is 0.0306. The van der Waals surface area contributed by atoms with E-state index in [-0.39, 0.29) is 0 Å². The van der Waals surface area contributed by atoms with Crippen LogP contribution in [0.25, 0.3) is 0 Å². The molecule has 3 atom stereocenters.